The molecule has 1 aromatic rings. The number of nitrogen functional groups attached to an aromatic ring is 1. The molecule has 102 valence electrons. The molecule has 0 saturated heterocycles. The number of nitrogens with zero attached hydrogens (tertiary/aromatic N) is 2. The van der Waals surface area contributed by atoms with Crippen molar-refractivity contribution in [3.8, 4) is 0 Å². The summed E-state index contributed by atoms with van der Waals surface area (Å²) in [6.07, 6.45) is -4.64. The molecule has 0 saturated carbocycles. The smallest absolute Gasteiger partial charge is 0.396 e. The average Bonchev–Trinajstić information content (AvgIpc) is 2.25. The van der Waals surface area contributed by atoms with E-state index in [-0.39, 0.29) is 24.8 Å². The number of nitrogens with one attached hydrogen (secondary N) is 1. The lowest BCUT2D eigenvalue weighted by Gasteiger charge is -2.22. The van der Waals surface area contributed by atoms with Crippen molar-refractivity contribution in [2.24, 2.45) is 5.41 Å². The minimum atomic E-state index is -4.64. The van der Waals surface area contributed by atoms with Crippen LogP contribution in [-0.4, -0.2) is 28.2 Å². The number of anilines is 2. The van der Waals surface area contributed by atoms with Crippen LogP contribution in [0.4, 0.5) is 24.8 Å². The first-order valence-electron chi connectivity index (χ1n) is 5.20. The van der Waals surface area contributed by atoms with Crippen LogP contribution in [0.25, 0.3) is 0 Å². The molecule has 0 fully saturated rings. The summed E-state index contributed by atoms with van der Waals surface area (Å²) in [5.74, 6) is -1.57. The lowest BCUT2D eigenvalue weighted by Crippen LogP contribution is -2.27. The van der Waals surface area contributed by atoms with Gasteiger partial charge in [-0.2, -0.15) is 13.2 Å². The zero-order valence-corrected chi connectivity index (χ0v) is 10.0. The van der Waals surface area contributed by atoms with Gasteiger partial charge in [0.2, 0.25) is 5.82 Å². The van der Waals surface area contributed by atoms with E-state index in [1.54, 1.807) is 13.8 Å². The lowest BCUT2D eigenvalue weighted by atomic mass is 9.95. The average molecular weight is 264 g/mol. The van der Waals surface area contributed by atoms with E-state index in [0.29, 0.717) is 0 Å². The number of aliphatic hydroxyl groups excluding tert-OH is 1. The summed E-state index contributed by atoms with van der Waals surface area (Å²) in [6.45, 7) is 3.67. The van der Waals surface area contributed by atoms with E-state index in [4.69, 9.17) is 10.8 Å². The molecule has 0 aromatic carbocycles. The summed E-state index contributed by atoms with van der Waals surface area (Å²) in [5, 5.41) is 11.7. The monoisotopic (exact) mass is 264 g/mol. The van der Waals surface area contributed by atoms with E-state index in [1.165, 1.54) is 6.07 Å². The van der Waals surface area contributed by atoms with Crippen LogP contribution in [0.1, 0.15) is 19.7 Å². The Morgan fingerprint density at radius 3 is 2.44 bits per heavy atom. The third-order valence-electron chi connectivity index (χ3n) is 2.18. The van der Waals surface area contributed by atoms with Crippen molar-refractivity contribution in [2.45, 2.75) is 20.0 Å². The molecule has 0 atom stereocenters. The molecule has 1 heterocycles. The Labute approximate surface area is 102 Å². The lowest BCUT2D eigenvalue weighted by molar-refractivity contribution is -0.144. The molecule has 18 heavy (non-hydrogen) atoms. The standard InChI is InChI=1S/C10H15F3N4O/c1-9(2,5-18)4-15-7-3-6(14)16-8(17-7)10(11,12)13/h3,18H,4-5H2,1-2H3,(H3,14,15,16,17). The first-order valence-corrected chi connectivity index (χ1v) is 5.20. The van der Waals surface area contributed by atoms with E-state index < -0.39 is 17.4 Å². The molecular weight excluding hydrogens is 249 g/mol. The predicted octanol–water partition coefficient (Wildman–Crippen LogP) is 1.51. The quantitative estimate of drug-likeness (QED) is 0.767. The fraction of sp³-hybridized carbons (Fsp3) is 0.600. The summed E-state index contributed by atoms with van der Waals surface area (Å²) < 4.78 is 37.3. The summed E-state index contributed by atoms with van der Waals surface area (Å²) in [6, 6.07) is 1.21. The molecule has 0 aliphatic rings. The molecule has 1 aromatic heterocycles. The van der Waals surface area contributed by atoms with Gasteiger partial charge in [-0.1, -0.05) is 13.8 Å². The number of hydrogen-bond acceptors (Lipinski definition) is 5. The summed E-state index contributed by atoms with van der Waals surface area (Å²) in [4.78, 5) is 6.46. The van der Waals surface area contributed by atoms with Crippen molar-refractivity contribution in [1.29, 1.82) is 0 Å². The van der Waals surface area contributed by atoms with Crippen molar-refractivity contribution in [3.05, 3.63) is 11.9 Å². The third-order valence-corrected chi connectivity index (χ3v) is 2.18. The van der Waals surface area contributed by atoms with Gasteiger partial charge in [0.05, 0.1) is 0 Å². The second-order valence-electron chi connectivity index (χ2n) is 4.68. The molecule has 0 unspecified atom stereocenters. The molecule has 0 spiro atoms. The van der Waals surface area contributed by atoms with E-state index in [1.807, 2.05) is 0 Å². The minimum absolute atomic E-state index is 0.0173. The Balaban J connectivity index is 2.88. The van der Waals surface area contributed by atoms with Gasteiger partial charge < -0.3 is 16.2 Å². The van der Waals surface area contributed by atoms with E-state index >= 15 is 0 Å². The van der Waals surface area contributed by atoms with Gasteiger partial charge in [-0.25, -0.2) is 9.97 Å². The number of aliphatic hydroxyl groups is 1. The third kappa shape index (κ3) is 4.02. The molecule has 0 aliphatic heterocycles. The summed E-state index contributed by atoms with van der Waals surface area (Å²) >= 11 is 0. The first-order chi connectivity index (χ1) is 8.14. The van der Waals surface area contributed by atoms with E-state index in [9.17, 15) is 13.2 Å². The van der Waals surface area contributed by atoms with Crippen molar-refractivity contribution in [1.82, 2.24) is 9.97 Å². The number of hydrogen-bond donors (Lipinski definition) is 3. The summed E-state index contributed by atoms with van der Waals surface area (Å²) in [5.41, 5.74) is 4.81. The van der Waals surface area contributed by atoms with Gasteiger partial charge in [-0.15, -0.1) is 0 Å². The first kappa shape index (κ1) is 14.5. The Hall–Kier alpha value is -1.57. The Morgan fingerprint density at radius 2 is 1.94 bits per heavy atom. The molecule has 0 bridgehead atoms. The van der Waals surface area contributed by atoms with Gasteiger partial charge in [0, 0.05) is 24.6 Å². The molecule has 4 N–H and O–H groups in total. The minimum Gasteiger partial charge on any atom is -0.396 e. The molecule has 5 nitrogen and oxygen atoms in total. The van der Waals surface area contributed by atoms with Gasteiger partial charge in [0.25, 0.3) is 0 Å². The topological polar surface area (TPSA) is 84.1 Å². The Bertz CT molecular complexity index is 420. The van der Waals surface area contributed by atoms with Gasteiger partial charge in [-0.05, 0) is 0 Å². The highest BCUT2D eigenvalue weighted by atomic mass is 19.4. The van der Waals surface area contributed by atoms with Crippen LogP contribution < -0.4 is 11.1 Å². The highest BCUT2D eigenvalue weighted by Gasteiger charge is 2.35. The maximum Gasteiger partial charge on any atom is 0.451 e. The van der Waals surface area contributed by atoms with Gasteiger partial charge >= 0.3 is 6.18 Å². The number of aromatic nitrogens is 2. The van der Waals surface area contributed by atoms with Crippen LogP contribution in [0.15, 0.2) is 6.07 Å². The van der Waals surface area contributed by atoms with Crippen molar-refractivity contribution in [3.63, 3.8) is 0 Å². The molecule has 8 heteroatoms. The second kappa shape index (κ2) is 4.97. The number of halogens is 3. The van der Waals surface area contributed by atoms with Crippen LogP contribution >= 0.6 is 0 Å². The highest BCUT2D eigenvalue weighted by molar-refractivity contribution is 5.45. The van der Waals surface area contributed by atoms with Gasteiger partial charge in [-0.3, -0.25) is 0 Å². The van der Waals surface area contributed by atoms with Gasteiger partial charge in [0.15, 0.2) is 0 Å². The maximum atomic E-state index is 12.4. The largest absolute Gasteiger partial charge is 0.451 e. The zero-order valence-electron chi connectivity index (χ0n) is 10.0. The Kier molecular flexibility index (Phi) is 4.00. The van der Waals surface area contributed by atoms with E-state index in [0.717, 1.165) is 0 Å². The van der Waals surface area contributed by atoms with Crippen LogP contribution in [0.3, 0.4) is 0 Å². The zero-order chi connectivity index (χ0) is 14.0. The second-order valence-corrected chi connectivity index (χ2v) is 4.68. The Morgan fingerprint density at radius 1 is 1.33 bits per heavy atom. The molecule has 0 amide bonds. The SMILES string of the molecule is CC(C)(CO)CNc1cc(N)nc(C(F)(F)F)n1. The van der Waals surface area contributed by atoms with Crippen LogP contribution in [0.5, 0.6) is 0 Å². The fourth-order valence-corrected chi connectivity index (χ4v) is 1.07. The van der Waals surface area contributed by atoms with Crippen LogP contribution in [-0.2, 0) is 6.18 Å². The highest BCUT2D eigenvalue weighted by Crippen LogP contribution is 2.28. The molecular formula is C10H15F3N4O. The van der Waals surface area contributed by atoms with Crippen molar-refractivity contribution in [2.75, 3.05) is 24.2 Å². The predicted molar refractivity (Wildman–Crippen MR) is 60.8 cm³/mol. The van der Waals surface area contributed by atoms with Gasteiger partial charge in [0.1, 0.15) is 11.6 Å². The molecule has 0 radical (unpaired) electrons. The molecule has 1 rings (SSSR count). The summed E-state index contributed by atoms with van der Waals surface area (Å²) in [7, 11) is 0. The van der Waals surface area contributed by atoms with Crippen LogP contribution in [0.2, 0.25) is 0 Å². The van der Waals surface area contributed by atoms with E-state index in [2.05, 4.69) is 15.3 Å². The number of alkyl halides is 3. The van der Waals surface area contributed by atoms with Crippen molar-refractivity contribution >= 4 is 11.6 Å². The number of rotatable bonds is 4. The maximum absolute atomic E-state index is 12.4. The van der Waals surface area contributed by atoms with Crippen LogP contribution in [0, 0.1) is 5.41 Å². The normalized spacial score (nSPS) is 12.6. The van der Waals surface area contributed by atoms with Crippen molar-refractivity contribution < 1.29 is 18.3 Å². The fourth-order valence-electron chi connectivity index (χ4n) is 1.07. The number of nitrogens with two attached hydrogens (primary N) is 1. The molecule has 0 aliphatic carbocycles.